The molecule has 2 heterocycles. The van der Waals surface area contributed by atoms with Gasteiger partial charge >= 0.3 is 0 Å². The van der Waals surface area contributed by atoms with E-state index in [4.69, 9.17) is 0 Å². The monoisotopic (exact) mass is 372 g/mol. The quantitative estimate of drug-likeness (QED) is 0.726. The summed E-state index contributed by atoms with van der Waals surface area (Å²) in [5, 5.41) is 5.53. The van der Waals surface area contributed by atoms with E-state index in [1.54, 1.807) is 36.5 Å². The van der Waals surface area contributed by atoms with E-state index >= 15 is 0 Å². The first kappa shape index (κ1) is 17.7. The summed E-state index contributed by atoms with van der Waals surface area (Å²) in [5.41, 5.74) is 4.19. The number of benzene rings is 2. The minimum atomic E-state index is -0.249. The highest BCUT2D eigenvalue weighted by Gasteiger charge is 2.20. The Bertz CT molecular complexity index is 1030. The first-order valence-electron chi connectivity index (χ1n) is 9.11. The van der Waals surface area contributed by atoms with Gasteiger partial charge in [-0.25, -0.2) is 4.98 Å². The minimum absolute atomic E-state index is 0.160. The number of amides is 2. The Morgan fingerprint density at radius 3 is 2.50 bits per heavy atom. The zero-order valence-corrected chi connectivity index (χ0v) is 15.5. The molecule has 4 rings (SSSR count). The summed E-state index contributed by atoms with van der Waals surface area (Å²) in [6, 6.07) is 18.9. The van der Waals surface area contributed by atoms with Gasteiger partial charge in [-0.15, -0.1) is 0 Å². The molecule has 0 unspecified atom stereocenters. The Morgan fingerprint density at radius 1 is 0.964 bits per heavy atom. The molecule has 2 N–H and O–H groups in total. The fraction of sp³-hybridized carbons (Fsp3) is 0.136. The second-order valence-corrected chi connectivity index (χ2v) is 6.65. The van der Waals surface area contributed by atoms with Gasteiger partial charge in [0.15, 0.2) is 0 Å². The van der Waals surface area contributed by atoms with E-state index in [2.05, 4.69) is 32.7 Å². The average molecular weight is 372 g/mol. The standard InChI is InChI=1S/C22H20N4O2/c1-15(27)24-18-6-4-7-19(13-18)25-22(28)17-9-10-21(23-14-17)26-12-11-16-5-2-3-8-20(16)26/h2-10,13-14H,11-12H2,1H3,(H,24,27)(H,25,28). The Hall–Kier alpha value is -3.67. The predicted octanol–water partition coefficient (Wildman–Crippen LogP) is 3.99. The molecule has 2 aromatic carbocycles. The second kappa shape index (κ2) is 7.52. The van der Waals surface area contributed by atoms with Crippen molar-refractivity contribution in [2.45, 2.75) is 13.3 Å². The molecule has 0 aliphatic carbocycles. The van der Waals surface area contributed by atoms with Crippen LogP contribution in [-0.2, 0) is 11.2 Å². The molecule has 0 bridgehead atoms. The number of carbonyl (C=O) groups is 2. The maximum Gasteiger partial charge on any atom is 0.257 e. The SMILES string of the molecule is CC(=O)Nc1cccc(NC(=O)c2ccc(N3CCc4ccccc43)nc2)c1. The van der Waals surface area contributed by atoms with Crippen LogP contribution >= 0.6 is 0 Å². The van der Waals surface area contributed by atoms with Gasteiger partial charge in [0.25, 0.3) is 5.91 Å². The molecule has 0 fully saturated rings. The molecule has 0 saturated carbocycles. The van der Waals surface area contributed by atoms with Gasteiger partial charge in [-0.2, -0.15) is 0 Å². The molecule has 0 radical (unpaired) electrons. The molecule has 0 spiro atoms. The first-order chi connectivity index (χ1) is 13.6. The Kier molecular flexibility index (Phi) is 4.76. The number of fused-ring (bicyclic) bond motifs is 1. The molecule has 6 nitrogen and oxygen atoms in total. The summed E-state index contributed by atoms with van der Waals surface area (Å²) in [7, 11) is 0. The number of carbonyl (C=O) groups excluding carboxylic acids is 2. The summed E-state index contributed by atoms with van der Waals surface area (Å²) >= 11 is 0. The third kappa shape index (κ3) is 3.71. The average Bonchev–Trinajstić information content (AvgIpc) is 3.12. The predicted molar refractivity (Wildman–Crippen MR) is 110 cm³/mol. The first-order valence-corrected chi connectivity index (χ1v) is 9.11. The number of anilines is 4. The normalized spacial score (nSPS) is 12.4. The van der Waals surface area contributed by atoms with Gasteiger partial charge in [-0.05, 0) is 48.4 Å². The van der Waals surface area contributed by atoms with Crippen LogP contribution in [0.1, 0.15) is 22.8 Å². The summed E-state index contributed by atoms with van der Waals surface area (Å²) in [6.45, 7) is 2.32. The zero-order valence-electron chi connectivity index (χ0n) is 15.5. The van der Waals surface area contributed by atoms with Crippen LogP contribution in [0, 0.1) is 0 Å². The highest BCUT2D eigenvalue weighted by Crippen LogP contribution is 2.33. The lowest BCUT2D eigenvalue weighted by molar-refractivity contribution is -0.114. The van der Waals surface area contributed by atoms with Crippen LogP contribution in [0.5, 0.6) is 0 Å². The fourth-order valence-corrected chi connectivity index (χ4v) is 3.34. The van der Waals surface area contributed by atoms with Crippen LogP contribution in [-0.4, -0.2) is 23.3 Å². The van der Waals surface area contributed by atoms with Crippen LogP contribution < -0.4 is 15.5 Å². The van der Waals surface area contributed by atoms with Gasteiger partial charge in [0.1, 0.15) is 5.82 Å². The third-order valence-corrected chi connectivity index (χ3v) is 4.61. The van der Waals surface area contributed by atoms with Crippen LogP contribution in [0.25, 0.3) is 0 Å². The number of pyridine rings is 1. The van der Waals surface area contributed by atoms with E-state index < -0.39 is 0 Å². The van der Waals surface area contributed by atoms with Crippen LogP contribution in [0.15, 0.2) is 66.9 Å². The number of nitrogens with one attached hydrogen (secondary N) is 2. The molecule has 6 heteroatoms. The molecular weight excluding hydrogens is 352 g/mol. The van der Waals surface area contributed by atoms with Gasteiger partial charge in [0, 0.05) is 36.7 Å². The molecule has 0 saturated heterocycles. The molecule has 1 aliphatic rings. The zero-order chi connectivity index (χ0) is 19.5. The van der Waals surface area contributed by atoms with Crippen molar-refractivity contribution in [2.24, 2.45) is 0 Å². The topological polar surface area (TPSA) is 74.3 Å². The van der Waals surface area contributed by atoms with Crippen molar-refractivity contribution < 1.29 is 9.59 Å². The van der Waals surface area contributed by atoms with Gasteiger partial charge < -0.3 is 15.5 Å². The van der Waals surface area contributed by atoms with Gasteiger partial charge in [0.2, 0.25) is 5.91 Å². The van der Waals surface area contributed by atoms with E-state index in [1.807, 2.05) is 18.2 Å². The van der Waals surface area contributed by atoms with Crippen LogP contribution in [0.4, 0.5) is 22.9 Å². The van der Waals surface area contributed by atoms with E-state index in [1.165, 1.54) is 18.2 Å². The van der Waals surface area contributed by atoms with E-state index in [-0.39, 0.29) is 11.8 Å². The van der Waals surface area contributed by atoms with Gasteiger partial charge in [0.05, 0.1) is 5.56 Å². The lowest BCUT2D eigenvalue weighted by Crippen LogP contribution is -2.16. The highest BCUT2D eigenvalue weighted by molar-refractivity contribution is 6.04. The summed E-state index contributed by atoms with van der Waals surface area (Å²) in [5.74, 6) is 0.418. The second-order valence-electron chi connectivity index (χ2n) is 6.65. The van der Waals surface area contributed by atoms with E-state index in [9.17, 15) is 9.59 Å². The molecule has 140 valence electrons. The number of para-hydroxylation sites is 1. The van der Waals surface area contributed by atoms with E-state index in [0.717, 1.165) is 18.8 Å². The maximum atomic E-state index is 12.5. The van der Waals surface area contributed by atoms with Crippen molar-refractivity contribution in [3.05, 3.63) is 78.0 Å². The molecular formula is C22H20N4O2. The molecule has 1 aromatic heterocycles. The smallest absolute Gasteiger partial charge is 0.257 e. The number of rotatable bonds is 4. The molecule has 28 heavy (non-hydrogen) atoms. The molecule has 2 amide bonds. The summed E-state index contributed by atoms with van der Waals surface area (Å²) in [6.07, 6.45) is 2.58. The van der Waals surface area contributed by atoms with Crippen molar-refractivity contribution in [1.82, 2.24) is 4.98 Å². The van der Waals surface area contributed by atoms with Crippen LogP contribution in [0.3, 0.4) is 0 Å². The number of hydrogen-bond acceptors (Lipinski definition) is 4. The fourth-order valence-electron chi connectivity index (χ4n) is 3.34. The number of nitrogens with zero attached hydrogens (tertiary/aromatic N) is 2. The lowest BCUT2D eigenvalue weighted by atomic mass is 10.2. The molecule has 1 aliphatic heterocycles. The van der Waals surface area contributed by atoms with Crippen molar-refractivity contribution in [3.63, 3.8) is 0 Å². The van der Waals surface area contributed by atoms with Crippen molar-refractivity contribution in [3.8, 4) is 0 Å². The Balaban J connectivity index is 1.47. The summed E-state index contributed by atoms with van der Waals surface area (Å²) in [4.78, 5) is 30.3. The summed E-state index contributed by atoms with van der Waals surface area (Å²) < 4.78 is 0. The lowest BCUT2D eigenvalue weighted by Gasteiger charge is -2.18. The Labute approximate surface area is 163 Å². The van der Waals surface area contributed by atoms with Crippen LogP contribution in [0.2, 0.25) is 0 Å². The number of aromatic nitrogens is 1. The molecule has 3 aromatic rings. The van der Waals surface area contributed by atoms with Gasteiger partial charge in [-0.1, -0.05) is 24.3 Å². The van der Waals surface area contributed by atoms with Gasteiger partial charge in [-0.3, -0.25) is 9.59 Å². The molecule has 0 atom stereocenters. The van der Waals surface area contributed by atoms with Crippen molar-refractivity contribution >= 4 is 34.7 Å². The Morgan fingerprint density at radius 2 is 1.75 bits per heavy atom. The number of hydrogen-bond donors (Lipinski definition) is 2. The highest BCUT2D eigenvalue weighted by atomic mass is 16.2. The largest absolute Gasteiger partial charge is 0.326 e. The third-order valence-electron chi connectivity index (χ3n) is 4.61. The maximum absolute atomic E-state index is 12.5. The van der Waals surface area contributed by atoms with E-state index in [0.29, 0.717) is 16.9 Å². The minimum Gasteiger partial charge on any atom is -0.326 e. The van der Waals surface area contributed by atoms with Crippen molar-refractivity contribution in [1.29, 1.82) is 0 Å². The van der Waals surface area contributed by atoms with Crippen molar-refractivity contribution in [2.75, 3.05) is 22.1 Å².